The average Bonchev–Trinajstić information content (AvgIpc) is 2.20. The SMILES string of the molecule is [N-]=[N+]=NCCC#Cc1ccc(Cl)cc1F. The van der Waals surface area contributed by atoms with E-state index >= 15 is 0 Å². The number of benzene rings is 1. The zero-order chi connectivity index (χ0) is 11.1. The molecule has 1 aromatic carbocycles. The zero-order valence-corrected chi connectivity index (χ0v) is 8.50. The molecule has 0 bridgehead atoms. The van der Waals surface area contributed by atoms with Crippen molar-refractivity contribution in [1.82, 2.24) is 0 Å². The van der Waals surface area contributed by atoms with Gasteiger partial charge >= 0.3 is 0 Å². The molecule has 0 aromatic heterocycles. The van der Waals surface area contributed by atoms with Gasteiger partial charge in [-0.2, -0.15) is 0 Å². The number of hydrogen-bond acceptors (Lipinski definition) is 1. The second kappa shape index (κ2) is 5.92. The highest BCUT2D eigenvalue weighted by Gasteiger charge is 1.98. The summed E-state index contributed by atoms with van der Waals surface area (Å²) in [5.41, 5.74) is 8.28. The van der Waals surface area contributed by atoms with E-state index < -0.39 is 5.82 Å². The van der Waals surface area contributed by atoms with Crippen molar-refractivity contribution in [3.8, 4) is 11.8 Å². The third-order valence-corrected chi connectivity index (χ3v) is 1.79. The van der Waals surface area contributed by atoms with Gasteiger partial charge in [0.1, 0.15) is 5.82 Å². The molecule has 0 aliphatic rings. The first-order valence-corrected chi connectivity index (χ1v) is 4.56. The van der Waals surface area contributed by atoms with Crippen LogP contribution in [0.15, 0.2) is 23.3 Å². The average molecular weight is 224 g/mol. The van der Waals surface area contributed by atoms with Gasteiger partial charge in [-0.1, -0.05) is 28.6 Å². The van der Waals surface area contributed by atoms with Crippen molar-refractivity contribution in [3.63, 3.8) is 0 Å². The maximum Gasteiger partial charge on any atom is 0.140 e. The summed E-state index contributed by atoms with van der Waals surface area (Å²) >= 11 is 5.58. The van der Waals surface area contributed by atoms with Gasteiger partial charge in [0.05, 0.1) is 5.56 Å². The molecule has 5 heteroatoms. The lowest BCUT2D eigenvalue weighted by Gasteiger charge is -1.93. The molecule has 0 fully saturated rings. The van der Waals surface area contributed by atoms with E-state index in [2.05, 4.69) is 21.9 Å². The Hall–Kier alpha value is -1.69. The highest BCUT2D eigenvalue weighted by Crippen LogP contribution is 2.13. The van der Waals surface area contributed by atoms with Crippen molar-refractivity contribution in [1.29, 1.82) is 0 Å². The molecule has 0 aliphatic carbocycles. The van der Waals surface area contributed by atoms with E-state index in [0.29, 0.717) is 23.6 Å². The molecule has 0 amide bonds. The van der Waals surface area contributed by atoms with Crippen molar-refractivity contribution in [2.75, 3.05) is 6.54 Å². The minimum atomic E-state index is -0.446. The molecular formula is C10H7ClFN3. The summed E-state index contributed by atoms with van der Waals surface area (Å²) < 4.78 is 13.2. The fourth-order valence-electron chi connectivity index (χ4n) is 0.899. The molecule has 0 spiro atoms. The van der Waals surface area contributed by atoms with Crippen LogP contribution >= 0.6 is 11.6 Å². The number of rotatable bonds is 2. The maximum atomic E-state index is 13.2. The first kappa shape index (κ1) is 11.4. The lowest BCUT2D eigenvalue weighted by atomic mass is 10.2. The molecule has 0 saturated heterocycles. The van der Waals surface area contributed by atoms with Crippen LogP contribution in [-0.2, 0) is 0 Å². The van der Waals surface area contributed by atoms with Crippen LogP contribution in [0.3, 0.4) is 0 Å². The smallest absolute Gasteiger partial charge is 0.140 e. The summed E-state index contributed by atoms with van der Waals surface area (Å²) in [4.78, 5) is 2.58. The highest BCUT2D eigenvalue weighted by atomic mass is 35.5. The topological polar surface area (TPSA) is 48.8 Å². The van der Waals surface area contributed by atoms with Crippen LogP contribution in [0, 0.1) is 17.7 Å². The Labute approximate surface area is 91.5 Å². The van der Waals surface area contributed by atoms with Crippen molar-refractivity contribution in [2.24, 2.45) is 5.11 Å². The third kappa shape index (κ3) is 3.90. The molecule has 0 saturated carbocycles. The summed E-state index contributed by atoms with van der Waals surface area (Å²) in [6.45, 7) is 0.290. The summed E-state index contributed by atoms with van der Waals surface area (Å²) in [7, 11) is 0. The van der Waals surface area contributed by atoms with E-state index in [-0.39, 0.29) is 0 Å². The van der Waals surface area contributed by atoms with Crippen LogP contribution in [0.2, 0.25) is 5.02 Å². The molecule has 0 heterocycles. The molecular weight excluding hydrogens is 217 g/mol. The van der Waals surface area contributed by atoms with Crippen LogP contribution in [0.1, 0.15) is 12.0 Å². The van der Waals surface area contributed by atoms with E-state index in [0.717, 1.165) is 0 Å². The minimum absolute atomic E-state index is 0.290. The van der Waals surface area contributed by atoms with Crippen molar-refractivity contribution < 1.29 is 4.39 Å². The Bertz CT molecular complexity index is 455. The van der Waals surface area contributed by atoms with Gasteiger partial charge in [0, 0.05) is 22.9 Å². The van der Waals surface area contributed by atoms with Gasteiger partial charge in [-0.15, -0.1) is 0 Å². The van der Waals surface area contributed by atoms with Crippen LogP contribution in [0.4, 0.5) is 4.39 Å². The van der Waals surface area contributed by atoms with Crippen LogP contribution in [0.5, 0.6) is 0 Å². The Balaban J connectivity index is 2.67. The number of nitrogens with zero attached hydrogens (tertiary/aromatic N) is 3. The normalized spacial score (nSPS) is 8.67. The molecule has 15 heavy (non-hydrogen) atoms. The third-order valence-electron chi connectivity index (χ3n) is 1.55. The fraction of sp³-hybridized carbons (Fsp3) is 0.200. The quantitative estimate of drug-likeness (QED) is 0.242. The first-order valence-electron chi connectivity index (χ1n) is 4.19. The summed E-state index contributed by atoms with van der Waals surface area (Å²) in [5, 5.41) is 3.64. The van der Waals surface area contributed by atoms with E-state index in [9.17, 15) is 4.39 Å². The Morgan fingerprint density at radius 3 is 3.00 bits per heavy atom. The standard InChI is InChI=1S/C10H7ClFN3/c11-9-5-4-8(10(12)7-9)3-1-2-6-14-15-13/h4-5,7H,2,6H2. The predicted octanol–water partition coefficient (Wildman–Crippen LogP) is 3.53. The maximum absolute atomic E-state index is 13.2. The van der Waals surface area contributed by atoms with Gasteiger partial charge in [0.25, 0.3) is 0 Å². The Morgan fingerprint density at radius 2 is 2.33 bits per heavy atom. The summed E-state index contributed by atoms with van der Waals surface area (Å²) in [6.07, 6.45) is 0.409. The van der Waals surface area contributed by atoms with Crippen LogP contribution in [0.25, 0.3) is 10.4 Å². The van der Waals surface area contributed by atoms with Crippen molar-refractivity contribution in [2.45, 2.75) is 6.42 Å². The Morgan fingerprint density at radius 1 is 1.53 bits per heavy atom. The number of azide groups is 1. The van der Waals surface area contributed by atoms with E-state index in [1.54, 1.807) is 6.07 Å². The van der Waals surface area contributed by atoms with Gasteiger partial charge in [-0.05, 0) is 23.7 Å². The molecule has 0 aliphatic heterocycles. The molecule has 76 valence electrons. The van der Waals surface area contributed by atoms with Gasteiger partial charge in [-0.25, -0.2) is 4.39 Å². The second-order valence-electron chi connectivity index (χ2n) is 2.63. The number of halogens is 2. The second-order valence-corrected chi connectivity index (χ2v) is 3.07. The zero-order valence-electron chi connectivity index (χ0n) is 7.74. The van der Waals surface area contributed by atoms with Gasteiger partial charge in [-0.3, -0.25) is 0 Å². The van der Waals surface area contributed by atoms with Crippen LogP contribution < -0.4 is 0 Å². The molecule has 0 unspecified atom stereocenters. The fourth-order valence-corrected chi connectivity index (χ4v) is 1.06. The van der Waals surface area contributed by atoms with Crippen LogP contribution in [-0.4, -0.2) is 6.54 Å². The largest absolute Gasteiger partial charge is 0.206 e. The molecule has 1 rings (SSSR count). The molecule has 0 atom stereocenters. The molecule has 3 nitrogen and oxygen atoms in total. The van der Waals surface area contributed by atoms with E-state index in [4.69, 9.17) is 17.1 Å². The lowest BCUT2D eigenvalue weighted by Crippen LogP contribution is -1.83. The van der Waals surface area contributed by atoms with Gasteiger partial charge in [0.15, 0.2) is 0 Å². The monoisotopic (exact) mass is 223 g/mol. The highest BCUT2D eigenvalue weighted by molar-refractivity contribution is 6.30. The van der Waals surface area contributed by atoms with Gasteiger partial charge < -0.3 is 0 Å². The lowest BCUT2D eigenvalue weighted by molar-refractivity contribution is 0.624. The minimum Gasteiger partial charge on any atom is -0.206 e. The summed E-state index contributed by atoms with van der Waals surface area (Å²) in [6, 6.07) is 4.29. The van der Waals surface area contributed by atoms with Crippen molar-refractivity contribution >= 4 is 11.6 Å². The van der Waals surface area contributed by atoms with Crippen molar-refractivity contribution in [3.05, 3.63) is 45.0 Å². The van der Waals surface area contributed by atoms with Gasteiger partial charge in [0.2, 0.25) is 0 Å². The Kier molecular flexibility index (Phi) is 4.49. The van der Waals surface area contributed by atoms with E-state index in [1.165, 1.54) is 12.1 Å². The van der Waals surface area contributed by atoms with E-state index in [1.807, 2.05) is 0 Å². The summed E-state index contributed by atoms with van der Waals surface area (Å²) in [5.74, 6) is 4.89. The first-order chi connectivity index (χ1) is 7.24. The molecule has 1 aromatic rings. The number of hydrogen-bond donors (Lipinski definition) is 0. The predicted molar refractivity (Wildman–Crippen MR) is 56.9 cm³/mol. The molecule has 0 N–H and O–H groups in total. The molecule has 0 radical (unpaired) electrons.